The maximum absolute atomic E-state index is 3.85. The van der Waals surface area contributed by atoms with Gasteiger partial charge in [0, 0.05) is 13.3 Å². The molecular formula is C6H13N3. The molecule has 9 heavy (non-hydrogen) atoms. The van der Waals surface area contributed by atoms with Crippen molar-refractivity contribution in [2.75, 3.05) is 20.6 Å². The Hall–Kier alpha value is -0.700. The van der Waals surface area contributed by atoms with Crippen LogP contribution < -0.4 is 5.32 Å². The van der Waals surface area contributed by atoms with Crippen molar-refractivity contribution in [3.8, 4) is 0 Å². The summed E-state index contributed by atoms with van der Waals surface area (Å²) in [6.07, 6.45) is 1.81. The molecule has 0 aromatic carbocycles. The van der Waals surface area contributed by atoms with Gasteiger partial charge >= 0.3 is 0 Å². The highest BCUT2D eigenvalue weighted by Crippen LogP contribution is 1.77. The largest absolute Gasteiger partial charge is 0.311 e. The van der Waals surface area contributed by atoms with E-state index in [2.05, 4.69) is 22.0 Å². The van der Waals surface area contributed by atoms with Gasteiger partial charge in [0.2, 0.25) is 0 Å². The summed E-state index contributed by atoms with van der Waals surface area (Å²) < 4.78 is 0. The van der Waals surface area contributed by atoms with Crippen LogP contribution in [-0.4, -0.2) is 39.6 Å². The van der Waals surface area contributed by atoms with E-state index in [1.165, 1.54) is 0 Å². The Labute approximate surface area is 55.9 Å². The molecule has 0 rings (SSSR count). The summed E-state index contributed by atoms with van der Waals surface area (Å²) >= 11 is 0. The van der Waals surface area contributed by atoms with Gasteiger partial charge in [0.1, 0.15) is 0 Å². The predicted molar refractivity (Wildman–Crippen MR) is 41.7 cm³/mol. The van der Waals surface area contributed by atoms with Gasteiger partial charge in [0.15, 0.2) is 0 Å². The first-order valence-corrected chi connectivity index (χ1v) is 2.87. The number of hydrogen-bond acceptors (Lipinski definition) is 3. The zero-order valence-corrected chi connectivity index (χ0v) is 5.96. The number of likely N-dealkylation sites (N-methyl/N-ethyl adjacent to an activating group) is 1. The fraction of sp³-hybridized carbons (Fsp3) is 0.667. The highest BCUT2D eigenvalue weighted by Gasteiger charge is 1.96. The second-order valence-corrected chi connectivity index (χ2v) is 1.71. The van der Waals surface area contributed by atoms with Crippen molar-refractivity contribution in [3.05, 3.63) is 0 Å². The van der Waals surface area contributed by atoms with E-state index in [0.717, 1.165) is 0 Å². The van der Waals surface area contributed by atoms with E-state index < -0.39 is 0 Å². The normalized spacial score (nSPS) is 14.0. The van der Waals surface area contributed by atoms with Gasteiger partial charge in [-0.25, -0.2) is 0 Å². The zero-order chi connectivity index (χ0) is 7.11. The molecular weight excluding hydrogens is 114 g/mol. The van der Waals surface area contributed by atoms with E-state index >= 15 is 0 Å². The van der Waals surface area contributed by atoms with E-state index in [0.29, 0.717) is 6.54 Å². The lowest BCUT2D eigenvalue weighted by atomic mass is 10.3. The molecule has 0 spiro atoms. The molecule has 0 bridgehead atoms. The molecule has 3 heteroatoms. The smallest absolute Gasteiger partial charge is 0.0615 e. The molecule has 0 radical (unpaired) electrons. The predicted octanol–water partition coefficient (Wildman–Crippen LogP) is -0.0244. The number of nitrogens with zero attached hydrogens (tertiary/aromatic N) is 2. The molecule has 0 aliphatic rings. The number of aliphatic imine (C=N–C) groups is 2. The second kappa shape index (κ2) is 5.44. The first kappa shape index (κ1) is 8.30. The molecule has 1 N–H and O–H groups in total. The first-order valence-electron chi connectivity index (χ1n) is 2.87. The first-order chi connectivity index (χ1) is 4.35. The van der Waals surface area contributed by atoms with Gasteiger partial charge in [-0.3, -0.25) is 9.98 Å². The number of nitrogens with one attached hydrogen (secondary N) is 1. The molecule has 0 amide bonds. The molecule has 0 heterocycles. The summed E-state index contributed by atoms with van der Waals surface area (Å²) in [5.41, 5.74) is 0. The molecule has 0 aromatic heterocycles. The maximum atomic E-state index is 3.85. The second-order valence-electron chi connectivity index (χ2n) is 1.71. The van der Waals surface area contributed by atoms with Crippen molar-refractivity contribution in [2.24, 2.45) is 9.98 Å². The highest BCUT2D eigenvalue weighted by atomic mass is 14.9. The van der Waals surface area contributed by atoms with Crippen molar-refractivity contribution < 1.29 is 0 Å². The summed E-state index contributed by atoms with van der Waals surface area (Å²) in [5, 5.41) is 3.02. The molecule has 0 aromatic rings. The highest BCUT2D eigenvalue weighted by molar-refractivity contribution is 5.64. The molecule has 0 aliphatic carbocycles. The van der Waals surface area contributed by atoms with Crippen LogP contribution in [0.4, 0.5) is 0 Å². The van der Waals surface area contributed by atoms with E-state index in [9.17, 15) is 0 Å². The zero-order valence-electron chi connectivity index (χ0n) is 5.96. The van der Waals surface area contributed by atoms with Gasteiger partial charge in [-0.15, -0.1) is 0 Å². The lowest BCUT2D eigenvalue weighted by Crippen LogP contribution is -2.29. The van der Waals surface area contributed by atoms with Crippen molar-refractivity contribution in [3.63, 3.8) is 0 Å². The van der Waals surface area contributed by atoms with Crippen LogP contribution in [0.3, 0.4) is 0 Å². The molecule has 0 fully saturated rings. The van der Waals surface area contributed by atoms with Crippen LogP contribution in [0.15, 0.2) is 9.98 Å². The Bertz CT molecular complexity index is 98.5. The summed E-state index contributed by atoms with van der Waals surface area (Å²) in [6.45, 7) is 4.07. The van der Waals surface area contributed by atoms with Crippen LogP contribution in [-0.2, 0) is 0 Å². The molecule has 0 aliphatic heterocycles. The van der Waals surface area contributed by atoms with Crippen LogP contribution in [0.1, 0.15) is 0 Å². The third-order valence-electron chi connectivity index (χ3n) is 1.03. The van der Waals surface area contributed by atoms with Crippen LogP contribution in [0, 0.1) is 0 Å². The summed E-state index contributed by atoms with van der Waals surface area (Å²) in [7, 11) is 3.62. The molecule has 0 saturated heterocycles. The average molecular weight is 127 g/mol. The van der Waals surface area contributed by atoms with Crippen molar-refractivity contribution in [1.29, 1.82) is 0 Å². The molecule has 3 nitrogen and oxygen atoms in total. The standard InChI is InChI=1S/C6H13N3/c1-7-4-6(9-3)5-8-2/h5-6,9H,1,4H2,2-3H3. The monoisotopic (exact) mass is 127 g/mol. The summed E-state index contributed by atoms with van der Waals surface area (Å²) in [4.78, 5) is 7.57. The van der Waals surface area contributed by atoms with E-state index in [1.807, 2.05) is 13.3 Å². The van der Waals surface area contributed by atoms with Crippen molar-refractivity contribution in [1.82, 2.24) is 5.32 Å². The Morgan fingerprint density at radius 1 is 1.78 bits per heavy atom. The van der Waals surface area contributed by atoms with E-state index in [4.69, 9.17) is 0 Å². The number of rotatable bonds is 4. The van der Waals surface area contributed by atoms with Crippen LogP contribution in [0.25, 0.3) is 0 Å². The lowest BCUT2D eigenvalue weighted by Gasteiger charge is -2.04. The minimum Gasteiger partial charge on any atom is -0.311 e. The Balaban J connectivity index is 3.53. The van der Waals surface area contributed by atoms with Gasteiger partial charge in [-0.2, -0.15) is 0 Å². The van der Waals surface area contributed by atoms with E-state index in [1.54, 1.807) is 7.05 Å². The minimum atomic E-state index is 0.243. The third-order valence-corrected chi connectivity index (χ3v) is 1.03. The Kier molecular flexibility index (Phi) is 5.01. The maximum Gasteiger partial charge on any atom is 0.0615 e. The SMILES string of the molecule is C=NCC(C=NC)NC. The lowest BCUT2D eigenvalue weighted by molar-refractivity contribution is 0.721. The van der Waals surface area contributed by atoms with Crippen molar-refractivity contribution in [2.45, 2.75) is 6.04 Å². The third kappa shape index (κ3) is 3.85. The van der Waals surface area contributed by atoms with Gasteiger partial charge in [0.05, 0.1) is 12.6 Å². The van der Waals surface area contributed by atoms with Crippen LogP contribution in [0.2, 0.25) is 0 Å². The quantitative estimate of drug-likeness (QED) is 0.529. The van der Waals surface area contributed by atoms with Gasteiger partial charge in [-0.1, -0.05) is 0 Å². The van der Waals surface area contributed by atoms with Gasteiger partial charge < -0.3 is 5.32 Å². The number of hydrogen-bond donors (Lipinski definition) is 1. The van der Waals surface area contributed by atoms with E-state index in [-0.39, 0.29) is 6.04 Å². The summed E-state index contributed by atoms with van der Waals surface area (Å²) in [5.74, 6) is 0. The molecule has 1 unspecified atom stereocenters. The molecule has 1 atom stereocenters. The Morgan fingerprint density at radius 3 is 2.78 bits per heavy atom. The fourth-order valence-corrected chi connectivity index (χ4v) is 0.532. The van der Waals surface area contributed by atoms with Gasteiger partial charge in [-0.05, 0) is 13.8 Å². The fourth-order valence-electron chi connectivity index (χ4n) is 0.532. The molecule has 52 valence electrons. The average Bonchev–Trinajstić information content (AvgIpc) is 1.88. The molecule has 0 saturated carbocycles. The van der Waals surface area contributed by atoms with Crippen LogP contribution in [0.5, 0.6) is 0 Å². The van der Waals surface area contributed by atoms with Crippen molar-refractivity contribution >= 4 is 12.9 Å². The Morgan fingerprint density at radius 2 is 2.44 bits per heavy atom. The topological polar surface area (TPSA) is 36.8 Å². The van der Waals surface area contributed by atoms with Crippen LogP contribution >= 0.6 is 0 Å². The minimum absolute atomic E-state index is 0.243. The summed E-state index contributed by atoms with van der Waals surface area (Å²) in [6, 6.07) is 0.243. The van der Waals surface area contributed by atoms with Gasteiger partial charge in [0.25, 0.3) is 0 Å².